The highest BCUT2D eigenvalue weighted by Crippen LogP contribution is 2.29. The van der Waals surface area contributed by atoms with E-state index in [4.69, 9.17) is 5.73 Å². The van der Waals surface area contributed by atoms with Crippen LogP contribution in [0.25, 0.3) is 0 Å². The van der Waals surface area contributed by atoms with Crippen molar-refractivity contribution >= 4 is 34.0 Å². The first-order chi connectivity index (χ1) is 19.9. The number of rotatable bonds is 15. The van der Waals surface area contributed by atoms with Crippen LogP contribution < -0.4 is 16.4 Å². The Morgan fingerprint density at radius 1 is 0.930 bits per heavy atom. The average Bonchev–Trinajstić information content (AvgIpc) is 2.95. The van der Waals surface area contributed by atoms with Crippen LogP contribution >= 0.6 is 12.4 Å². The molecule has 43 heavy (non-hydrogen) atoms. The van der Waals surface area contributed by atoms with E-state index in [0.717, 1.165) is 11.1 Å². The lowest BCUT2D eigenvalue weighted by Crippen LogP contribution is -2.53. The summed E-state index contributed by atoms with van der Waals surface area (Å²) in [6, 6.07) is 24.6. The van der Waals surface area contributed by atoms with Crippen molar-refractivity contribution in [2.75, 3.05) is 19.4 Å². The number of nitrogens with two attached hydrogens (primary N) is 1. The Kier molecular flexibility index (Phi) is 13.7. The second-order valence-corrected chi connectivity index (χ2v) is 13.5. The van der Waals surface area contributed by atoms with Crippen molar-refractivity contribution in [1.82, 2.24) is 14.9 Å². The van der Waals surface area contributed by atoms with E-state index in [2.05, 4.69) is 10.6 Å². The molecular formula is C33H47ClN4O4S. The molecular weight excluding hydrogens is 584 g/mol. The van der Waals surface area contributed by atoms with Crippen molar-refractivity contribution in [3.8, 4) is 0 Å². The number of hydrogen-bond acceptors (Lipinski definition) is 6. The highest BCUT2D eigenvalue weighted by molar-refractivity contribution is 7.89. The molecule has 8 nitrogen and oxygen atoms in total. The van der Waals surface area contributed by atoms with Gasteiger partial charge in [-0.25, -0.2) is 8.42 Å². The number of sulfonamides is 1. The van der Waals surface area contributed by atoms with E-state index in [1.54, 1.807) is 33.0 Å². The van der Waals surface area contributed by atoms with Crippen LogP contribution in [0.4, 0.5) is 5.69 Å². The highest BCUT2D eigenvalue weighted by Gasteiger charge is 2.35. The number of carbonyl (C=O) groups excluding carboxylic acids is 1. The minimum absolute atomic E-state index is 0. The molecule has 3 aromatic carbocycles. The number of hydrogen-bond donors (Lipinski definition) is 4. The van der Waals surface area contributed by atoms with Crippen LogP contribution in [0, 0.1) is 0 Å². The van der Waals surface area contributed by atoms with E-state index in [9.17, 15) is 18.3 Å². The molecule has 3 aromatic rings. The van der Waals surface area contributed by atoms with E-state index >= 15 is 0 Å². The summed E-state index contributed by atoms with van der Waals surface area (Å²) >= 11 is 0. The van der Waals surface area contributed by atoms with Crippen molar-refractivity contribution in [1.29, 1.82) is 0 Å². The fraction of sp³-hybridized carbons (Fsp3) is 0.424. The molecule has 3 rings (SSSR count). The summed E-state index contributed by atoms with van der Waals surface area (Å²) < 4.78 is 28.4. The fourth-order valence-electron chi connectivity index (χ4n) is 5.56. The SMILES string of the molecule is CN[C@H](C(=O)NC(C)(C)CCC[C@@H](CO)N(C(C)C)S(=O)(=O)c1ccc(N)cc1)C(c1ccccc1)c1ccccc1.Cl. The summed E-state index contributed by atoms with van der Waals surface area (Å²) in [4.78, 5) is 13.9. The first kappa shape index (κ1) is 36.2. The zero-order chi connectivity index (χ0) is 30.9. The third kappa shape index (κ3) is 9.52. The first-order valence-electron chi connectivity index (χ1n) is 14.5. The molecule has 0 aliphatic heterocycles. The van der Waals surface area contributed by atoms with Crippen molar-refractivity contribution < 1.29 is 18.3 Å². The molecule has 0 aliphatic carbocycles. The van der Waals surface area contributed by atoms with Crippen molar-refractivity contribution in [3.05, 3.63) is 96.1 Å². The molecule has 0 aliphatic rings. The molecule has 0 aromatic heterocycles. The third-order valence-electron chi connectivity index (χ3n) is 7.58. The van der Waals surface area contributed by atoms with Gasteiger partial charge in [0.05, 0.1) is 17.5 Å². The minimum atomic E-state index is -3.85. The lowest BCUT2D eigenvalue weighted by molar-refractivity contribution is -0.125. The molecule has 0 spiro atoms. The van der Waals surface area contributed by atoms with E-state index in [0.29, 0.717) is 24.9 Å². The van der Waals surface area contributed by atoms with Gasteiger partial charge in [0.1, 0.15) is 0 Å². The number of nitrogen functional groups attached to an aromatic ring is 1. The van der Waals surface area contributed by atoms with Gasteiger partial charge in [-0.2, -0.15) is 4.31 Å². The number of anilines is 1. The van der Waals surface area contributed by atoms with Crippen LogP contribution in [-0.4, -0.2) is 61.1 Å². The molecule has 0 radical (unpaired) electrons. The van der Waals surface area contributed by atoms with Crippen molar-refractivity contribution in [2.24, 2.45) is 0 Å². The summed E-state index contributed by atoms with van der Waals surface area (Å²) in [5, 5.41) is 16.7. The van der Waals surface area contributed by atoms with Gasteiger partial charge in [-0.1, -0.05) is 60.7 Å². The number of benzene rings is 3. The third-order valence-corrected chi connectivity index (χ3v) is 9.72. The van der Waals surface area contributed by atoms with Crippen LogP contribution in [0.3, 0.4) is 0 Å². The summed E-state index contributed by atoms with van der Waals surface area (Å²) in [6.07, 6.45) is 1.64. The average molecular weight is 631 g/mol. The molecule has 0 unspecified atom stereocenters. The van der Waals surface area contributed by atoms with Crippen molar-refractivity contribution in [2.45, 2.75) is 81.4 Å². The zero-order valence-electron chi connectivity index (χ0n) is 25.7. The summed E-state index contributed by atoms with van der Waals surface area (Å²) in [5.74, 6) is -0.307. The van der Waals surface area contributed by atoms with Gasteiger partial charge in [0.2, 0.25) is 15.9 Å². The minimum Gasteiger partial charge on any atom is -0.399 e. The topological polar surface area (TPSA) is 125 Å². The van der Waals surface area contributed by atoms with Crippen LogP contribution in [-0.2, 0) is 14.8 Å². The van der Waals surface area contributed by atoms with Crippen molar-refractivity contribution in [3.63, 3.8) is 0 Å². The molecule has 1 amide bonds. The second-order valence-electron chi connectivity index (χ2n) is 11.7. The number of amides is 1. The summed E-state index contributed by atoms with van der Waals surface area (Å²) in [7, 11) is -2.05. The maximum atomic E-state index is 13.7. The quantitative estimate of drug-likeness (QED) is 0.176. The zero-order valence-corrected chi connectivity index (χ0v) is 27.4. The second kappa shape index (κ2) is 16.2. The van der Waals surface area contributed by atoms with Gasteiger partial charge in [-0.3, -0.25) is 4.79 Å². The maximum Gasteiger partial charge on any atom is 0.243 e. The molecule has 0 bridgehead atoms. The van der Waals surface area contributed by atoms with Crippen LogP contribution in [0.5, 0.6) is 0 Å². The Balaban J connectivity index is 0.00000645. The van der Waals surface area contributed by atoms with Crippen LogP contribution in [0.15, 0.2) is 89.8 Å². The molecule has 10 heteroatoms. The number of aliphatic hydroxyl groups is 1. The fourth-order valence-corrected chi connectivity index (χ4v) is 7.40. The Labute approximate surface area is 263 Å². The lowest BCUT2D eigenvalue weighted by atomic mass is 9.84. The summed E-state index contributed by atoms with van der Waals surface area (Å²) in [6.45, 7) is 7.23. The van der Waals surface area contributed by atoms with Gasteiger partial charge < -0.3 is 21.5 Å². The highest BCUT2D eigenvalue weighted by atomic mass is 35.5. The number of likely N-dealkylation sites (N-methyl/N-ethyl adjacent to an activating group) is 1. The van der Waals surface area contributed by atoms with Gasteiger partial charge in [0.15, 0.2) is 0 Å². The van der Waals surface area contributed by atoms with Gasteiger partial charge in [-0.05, 0) is 89.4 Å². The first-order valence-corrected chi connectivity index (χ1v) is 15.9. The number of nitrogens with zero attached hydrogens (tertiary/aromatic N) is 1. The largest absolute Gasteiger partial charge is 0.399 e. The molecule has 2 atom stereocenters. The normalized spacial score (nSPS) is 13.5. The Morgan fingerprint density at radius 2 is 1.44 bits per heavy atom. The molecule has 236 valence electrons. The number of carbonyl (C=O) groups is 1. The lowest BCUT2D eigenvalue weighted by Gasteiger charge is -2.35. The van der Waals surface area contributed by atoms with Crippen LogP contribution in [0.1, 0.15) is 64.0 Å². The smallest absolute Gasteiger partial charge is 0.243 e. The predicted molar refractivity (Wildman–Crippen MR) is 177 cm³/mol. The summed E-state index contributed by atoms with van der Waals surface area (Å²) in [5.41, 5.74) is 7.75. The van der Waals surface area contributed by atoms with Gasteiger partial charge in [0, 0.05) is 29.2 Å². The maximum absolute atomic E-state index is 13.7. The van der Waals surface area contributed by atoms with E-state index in [1.807, 2.05) is 74.5 Å². The van der Waals surface area contributed by atoms with Gasteiger partial charge >= 0.3 is 0 Å². The van der Waals surface area contributed by atoms with E-state index in [1.165, 1.54) is 16.4 Å². The number of nitrogens with one attached hydrogen (secondary N) is 2. The number of aliphatic hydroxyl groups excluding tert-OH is 1. The Morgan fingerprint density at radius 3 is 1.88 bits per heavy atom. The van der Waals surface area contributed by atoms with Crippen LogP contribution in [0.2, 0.25) is 0 Å². The van der Waals surface area contributed by atoms with E-state index in [-0.39, 0.29) is 41.8 Å². The molecule has 5 N–H and O–H groups in total. The number of halogens is 1. The molecule has 0 saturated heterocycles. The Bertz CT molecular complexity index is 1330. The molecule has 0 heterocycles. The van der Waals surface area contributed by atoms with Gasteiger partial charge in [-0.15, -0.1) is 12.4 Å². The Hall–Kier alpha value is -2.95. The predicted octanol–water partition coefficient (Wildman–Crippen LogP) is 4.94. The molecule has 0 saturated carbocycles. The standard InChI is InChI=1S/C33H46N4O4S.ClH/c1-24(2)37(42(40,41)29-20-18-27(34)19-21-29)28(23-38)17-12-22-33(3,4)36-32(39)31(35-5)30(25-13-8-6-9-14-25)26-15-10-7-11-16-26;/h6-11,13-16,18-21,24,28,30-31,35,38H,12,17,22-23,34H2,1-5H3,(H,36,39);1H/t28-,31-;/m0./s1. The van der Waals surface area contributed by atoms with Gasteiger partial charge in [0.25, 0.3) is 0 Å². The van der Waals surface area contributed by atoms with E-state index < -0.39 is 27.6 Å². The molecule has 0 fully saturated rings. The monoisotopic (exact) mass is 630 g/mol.